The molecule has 1 atom stereocenters. The molecule has 0 N–H and O–H groups in total. The second-order valence-corrected chi connectivity index (χ2v) is 5.81. The molecule has 0 aliphatic carbocycles. The molecule has 3 rings (SSSR count). The van der Waals surface area contributed by atoms with Gasteiger partial charge in [0.15, 0.2) is 0 Å². The van der Waals surface area contributed by atoms with Gasteiger partial charge < -0.3 is 4.90 Å². The number of pyridine rings is 1. The molecule has 0 spiro atoms. The molecule has 2 heterocycles. The van der Waals surface area contributed by atoms with E-state index in [1.54, 1.807) is 0 Å². The first kappa shape index (κ1) is 13.7. The van der Waals surface area contributed by atoms with Crippen molar-refractivity contribution in [3.63, 3.8) is 0 Å². The maximum atomic E-state index is 6.03. The zero-order chi connectivity index (χ0) is 13.9. The van der Waals surface area contributed by atoms with Crippen molar-refractivity contribution in [2.24, 2.45) is 0 Å². The van der Waals surface area contributed by atoms with E-state index in [0.717, 1.165) is 18.1 Å². The summed E-state index contributed by atoms with van der Waals surface area (Å²) >= 11 is 6.03. The first-order chi connectivity index (χ1) is 9.83. The van der Waals surface area contributed by atoms with E-state index < -0.39 is 0 Å². The molecule has 2 aromatic rings. The standard InChI is InChI=1S/C17H21ClN2/c1-2-15-8-5-6-10-20(15)17-16-9-4-3-7-13(16)11-14(12-18)19-17/h3-4,7,9,11,15H,2,5-6,8,10,12H2,1H3. The molecular weight excluding hydrogens is 268 g/mol. The fourth-order valence-corrected chi connectivity index (χ4v) is 3.36. The second kappa shape index (κ2) is 6.01. The Labute approximate surface area is 125 Å². The molecule has 1 fully saturated rings. The summed E-state index contributed by atoms with van der Waals surface area (Å²) < 4.78 is 0. The van der Waals surface area contributed by atoms with E-state index >= 15 is 0 Å². The van der Waals surface area contributed by atoms with Crippen LogP contribution in [0, 0.1) is 0 Å². The van der Waals surface area contributed by atoms with Gasteiger partial charge in [-0.15, -0.1) is 11.6 Å². The van der Waals surface area contributed by atoms with Crippen molar-refractivity contribution in [2.75, 3.05) is 11.4 Å². The van der Waals surface area contributed by atoms with E-state index in [1.807, 2.05) is 0 Å². The van der Waals surface area contributed by atoms with Crippen molar-refractivity contribution >= 4 is 28.2 Å². The van der Waals surface area contributed by atoms with Gasteiger partial charge in [0.1, 0.15) is 5.82 Å². The number of aromatic nitrogens is 1. The summed E-state index contributed by atoms with van der Waals surface area (Å²) in [6, 6.07) is 11.2. The van der Waals surface area contributed by atoms with Crippen LogP contribution in [-0.2, 0) is 5.88 Å². The number of rotatable bonds is 3. The lowest BCUT2D eigenvalue weighted by Crippen LogP contribution is -2.39. The average molecular weight is 289 g/mol. The quantitative estimate of drug-likeness (QED) is 0.758. The highest BCUT2D eigenvalue weighted by Gasteiger charge is 2.23. The van der Waals surface area contributed by atoms with Gasteiger partial charge >= 0.3 is 0 Å². The number of halogens is 1. The molecule has 1 saturated heterocycles. The first-order valence-electron chi connectivity index (χ1n) is 7.54. The predicted octanol–water partition coefficient (Wildman–Crippen LogP) is 4.74. The summed E-state index contributed by atoms with van der Waals surface area (Å²) in [6.45, 7) is 3.39. The van der Waals surface area contributed by atoms with Gasteiger partial charge in [-0.25, -0.2) is 4.98 Å². The molecule has 0 radical (unpaired) electrons. The van der Waals surface area contributed by atoms with E-state index in [9.17, 15) is 0 Å². The van der Waals surface area contributed by atoms with Crippen molar-refractivity contribution in [2.45, 2.75) is 44.5 Å². The molecule has 2 nitrogen and oxygen atoms in total. The van der Waals surface area contributed by atoms with Crippen LogP contribution in [0.4, 0.5) is 5.82 Å². The molecule has 20 heavy (non-hydrogen) atoms. The fraction of sp³-hybridized carbons (Fsp3) is 0.471. The van der Waals surface area contributed by atoms with Crippen molar-refractivity contribution < 1.29 is 0 Å². The molecule has 1 aliphatic heterocycles. The topological polar surface area (TPSA) is 16.1 Å². The Morgan fingerprint density at radius 1 is 1.30 bits per heavy atom. The number of hydrogen-bond acceptors (Lipinski definition) is 2. The summed E-state index contributed by atoms with van der Waals surface area (Å²) in [4.78, 5) is 7.34. The molecule has 0 bridgehead atoms. The molecule has 0 amide bonds. The lowest BCUT2D eigenvalue weighted by atomic mass is 9.99. The summed E-state index contributed by atoms with van der Waals surface area (Å²) in [6.07, 6.45) is 5.05. The summed E-state index contributed by atoms with van der Waals surface area (Å²) in [7, 11) is 0. The van der Waals surface area contributed by atoms with Gasteiger partial charge in [-0.2, -0.15) is 0 Å². The molecule has 0 saturated carbocycles. The Balaban J connectivity index is 2.13. The highest BCUT2D eigenvalue weighted by atomic mass is 35.5. The number of alkyl halides is 1. The largest absolute Gasteiger partial charge is 0.353 e. The zero-order valence-corrected chi connectivity index (χ0v) is 12.7. The highest BCUT2D eigenvalue weighted by molar-refractivity contribution is 6.17. The normalized spacial score (nSPS) is 19.5. The Kier molecular flexibility index (Phi) is 4.11. The van der Waals surface area contributed by atoms with Crippen molar-refractivity contribution in [3.8, 4) is 0 Å². The van der Waals surface area contributed by atoms with Crippen LogP contribution >= 0.6 is 11.6 Å². The van der Waals surface area contributed by atoms with Crippen molar-refractivity contribution in [1.29, 1.82) is 0 Å². The van der Waals surface area contributed by atoms with Gasteiger partial charge in [0.25, 0.3) is 0 Å². The number of fused-ring (bicyclic) bond motifs is 1. The molecule has 1 unspecified atom stereocenters. The van der Waals surface area contributed by atoms with Gasteiger partial charge in [0.05, 0.1) is 11.6 Å². The Morgan fingerprint density at radius 3 is 2.95 bits per heavy atom. The van der Waals surface area contributed by atoms with Crippen molar-refractivity contribution in [3.05, 3.63) is 36.0 Å². The van der Waals surface area contributed by atoms with Crippen LogP contribution < -0.4 is 4.90 Å². The summed E-state index contributed by atoms with van der Waals surface area (Å²) in [5, 5.41) is 2.50. The minimum Gasteiger partial charge on any atom is -0.353 e. The lowest BCUT2D eigenvalue weighted by molar-refractivity contribution is 0.447. The number of anilines is 1. The SMILES string of the molecule is CCC1CCCCN1c1nc(CCl)cc2ccccc12. The zero-order valence-electron chi connectivity index (χ0n) is 12.0. The molecule has 3 heteroatoms. The summed E-state index contributed by atoms with van der Waals surface area (Å²) in [5.74, 6) is 1.60. The van der Waals surface area contributed by atoms with E-state index in [0.29, 0.717) is 11.9 Å². The number of hydrogen-bond donors (Lipinski definition) is 0. The number of piperidine rings is 1. The molecule has 1 aliphatic rings. The molecule has 106 valence electrons. The third-order valence-electron chi connectivity index (χ3n) is 4.28. The van der Waals surface area contributed by atoms with Gasteiger partial charge in [0.2, 0.25) is 0 Å². The minimum atomic E-state index is 0.475. The molecule has 1 aromatic carbocycles. The van der Waals surface area contributed by atoms with Crippen LogP contribution in [0.15, 0.2) is 30.3 Å². The van der Waals surface area contributed by atoms with Crippen LogP contribution in [0.1, 0.15) is 38.3 Å². The Hall–Kier alpha value is -1.28. The number of nitrogens with zero attached hydrogens (tertiary/aromatic N) is 2. The highest BCUT2D eigenvalue weighted by Crippen LogP contribution is 2.31. The second-order valence-electron chi connectivity index (χ2n) is 5.54. The third-order valence-corrected chi connectivity index (χ3v) is 4.55. The van der Waals surface area contributed by atoms with Gasteiger partial charge in [-0.1, -0.05) is 31.2 Å². The maximum absolute atomic E-state index is 6.03. The van der Waals surface area contributed by atoms with Crippen LogP contribution in [0.2, 0.25) is 0 Å². The summed E-state index contributed by atoms with van der Waals surface area (Å²) in [5.41, 5.74) is 0.973. The monoisotopic (exact) mass is 288 g/mol. The third kappa shape index (κ3) is 2.49. The van der Waals surface area contributed by atoms with Gasteiger partial charge in [-0.05, 0) is 37.1 Å². The maximum Gasteiger partial charge on any atom is 0.137 e. The van der Waals surface area contributed by atoms with Crippen LogP contribution in [0.3, 0.4) is 0 Å². The van der Waals surface area contributed by atoms with Crippen molar-refractivity contribution in [1.82, 2.24) is 4.98 Å². The Morgan fingerprint density at radius 2 is 2.15 bits per heavy atom. The smallest absolute Gasteiger partial charge is 0.137 e. The predicted molar refractivity (Wildman–Crippen MR) is 86.6 cm³/mol. The molecule has 1 aromatic heterocycles. The average Bonchev–Trinajstić information content (AvgIpc) is 2.53. The Bertz CT molecular complexity index is 597. The van der Waals surface area contributed by atoms with Crippen LogP contribution in [0.25, 0.3) is 10.8 Å². The van der Waals surface area contributed by atoms with Crippen LogP contribution in [0.5, 0.6) is 0 Å². The van der Waals surface area contributed by atoms with Crippen LogP contribution in [-0.4, -0.2) is 17.6 Å². The lowest BCUT2D eigenvalue weighted by Gasteiger charge is -2.37. The van der Waals surface area contributed by atoms with E-state index in [-0.39, 0.29) is 0 Å². The van der Waals surface area contributed by atoms with E-state index in [1.165, 1.54) is 36.5 Å². The fourth-order valence-electron chi connectivity index (χ4n) is 3.23. The molecular formula is C17H21ClN2. The number of benzene rings is 1. The first-order valence-corrected chi connectivity index (χ1v) is 8.08. The van der Waals surface area contributed by atoms with E-state index in [4.69, 9.17) is 16.6 Å². The van der Waals surface area contributed by atoms with Gasteiger partial charge in [-0.3, -0.25) is 0 Å². The van der Waals surface area contributed by atoms with E-state index in [2.05, 4.69) is 42.2 Å². The van der Waals surface area contributed by atoms with Gasteiger partial charge in [0, 0.05) is 18.0 Å². The minimum absolute atomic E-state index is 0.475.